The van der Waals surface area contributed by atoms with E-state index in [-0.39, 0.29) is 18.9 Å². The van der Waals surface area contributed by atoms with Crippen molar-refractivity contribution >= 4 is 35.2 Å². The van der Waals surface area contributed by atoms with Gasteiger partial charge in [0.15, 0.2) is 11.5 Å². The summed E-state index contributed by atoms with van der Waals surface area (Å²) in [5, 5.41) is 13.4. The number of hydrogen-bond acceptors (Lipinski definition) is 4. The highest BCUT2D eigenvalue weighted by atomic mass is 35.5. The van der Waals surface area contributed by atoms with Crippen LogP contribution in [0.15, 0.2) is 48.0 Å². The molecule has 6 nitrogen and oxygen atoms in total. The van der Waals surface area contributed by atoms with Crippen molar-refractivity contribution in [2.75, 3.05) is 6.79 Å². The quantitative estimate of drug-likeness (QED) is 0.405. The average Bonchev–Trinajstić information content (AvgIpc) is 3.32. The van der Waals surface area contributed by atoms with Crippen LogP contribution >= 0.6 is 23.2 Å². The molecule has 0 saturated heterocycles. The second-order valence-electron chi connectivity index (χ2n) is 7.33. The van der Waals surface area contributed by atoms with Gasteiger partial charge in [0.25, 0.3) is 5.91 Å². The van der Waals surface area contributed by atoms with E-state index in [4.69, 9.17) is 32.7 Å². The lowest BCUT2D eigenvalue weighted by Crippen LogP contribution is -2.23. The summed E-state index contributed by atoms with van der Waals surface area (Å²) in [6, 6.07) is 14.6. The van der Waals surface area contributed by atoms with E-state index in [9.17, 15) is 10.1 Å². The topological polar surface area (TPSA) is 76.3 Å². The van der Waals surface area contributed by atoms with Crippen LogP contribution in [0.4, 0.5) is 0 Å². The summed E-state index contributed by atoms with van der Waals surface area (Å²) in [6.07, 6.45) is 1.58. The van der Waals surface area contributed by atoms with Crippen LogP contribution < -0.4 is 14.8 Å². The molecule has 4 rings (SSSR count). The number of amides is 1. The molecule has 1 aromatic heterocycles. The second kappa shape index (κ2) is 8.99. The highest BCUT2D eigenvalue weighted by Crippen LogP contribution is 2.32. The molecule has 0 saturated carbocycles. The number of nitrogens with zero attached hydrogens (tertiary/aromatic N) is 2. The number of nitriles is 1. The van der Waals surface area contributed by atoms with Crippen molar-refractivity contribution < 1.29 is 14.3 Å². The summed E-state index contributed by atoms with van der Waals surface area (Å²) >= 11 is 12.3. The van der Waals surface area contributed by atoms with Gasteiger partial charge in [0.05, 0.1) is 0 Å². The Labute approximate surface area is 195 Å². The Kier molecular flexibility index (Phi) is 6.13. The van der Waals surface area contributed by atoms with Crippen molar-refractivity contribution in [1.29, 1.82) is 5.26 Å². The van der Waals surface area contributed by atoms with E-state index in [1.165, 1.54) is 0 Å². The Morgan fingerprint density at radius 2 is 1.84 bits per heavy atom. The first-order chi connectivity index (χ1) is 15.4. The summed E-state index contributed by atoms with van der Waals surface area (Å²) < 4.78 is 12.6. The van der Waals surface area contributed by atoms with Crippen LogP contribution in [0.2, 0.25) is 10.0 Å². The predicted molar refractivity (Wildman–Crippen MR) is 123 cm³/mol. The van der Waals surface area contributed by atoms with Gasteiger partial charge >= 0.3 is 0 Å². The van der Waals surface area contributed by atoms with Crippen molar-refractivity contribution in [3.8, 4) is 23.3 Å². The van der Waals surface area contributed by atoms with Gasteiger partial charge in [0.2, 0.25) is 6.79 Å². The minimum absolute atomic E-state index is 0.00937. The van der Waals surface area contributed by atoms with Crippen molar-refractivity contribution in [2.24, 2.45) is 0 Å². The van der Waals surface area contributed by atoms with Crippen molar-refractivity contribution in [3.05, 3.63) is 80.6 Å². The molecular weight excluding hydrogens is 449 g/mol. The first kappa shape index (κ1) is 21.8. The first-order valence-corrected chi connectivity index (χ1v) is 10.5. The number of benzene rings is 2. The lowest BCUT2D eigenvalue weighted by atomic mass is 10.1. The van der Waals surface area contributed by atoms with E-state index < -0.39 is 5.91 Å². The van der Waals surface area contributed by atoms with Crippen LogP contribution in [0.25, 0.3) is 11.8 Å². The average molecular weight is 468 g/mol. The summed E-state index contributed by atoms with van der Waals surface area (Å²) in [6.45, 7) is 4.29. The predicted octanol–water partition coefficient (Wildman–Crippen LogP) is 5.35. The fraction of sp³-hybridized carbons (Fsp3) is 0.167. The van der Waals surface area contributed by atoms with Crippen LogP contribution in [0.1, 0.15) is 22.5 Å². The molecule has 32 heavy (non-hydrogen) atoms. The van der Waals surface area contributed by atoms with Gasteiger partial charge in [-0.05, 0) is 67.4 Å². The number of carbonyl (C=O) groups excluding carboxylic acids is 1. The van der Waals surface area contributed by atoms with Crippen LogP contribution in [-0.2, 0) is 11.3 Å². The number of nitrogens with one attached hydrogen (secondary N) is 1. The highest BCUT2D eigenvalue weighted by Gasteiger charge is 2.16. The highest BCUT2D eigenvalue weighted by molar-refractivity contribution is 6.34. The molecule has 0 spiro atoms. The minimum Gasteiger partial charge on any atom is -0.454 e. The third-order valence-corrected chi connectivity index (χ3v) is 5.57. The largest absolute Gasteiger partial charge is 0.454 e. The number of hydrogen-bond donors (Lipinski definition) is 1. The van der Waals surface area contributed by atoms with E-state index in [0.29, 0.717) is 21.5 Å². The summed E-state index contributed by atoms with van der Waals surface area (Å²) in [5.41, 5.74) is 4.20. The number of halogens is 2. The number of aromatic nitrogens is 1. The molecule has 2 heterocycles. The third kappa shape index (κ3) is 4.45. The monoisotopic (exact) mass is 467 g/mol. The number of ether oxygens (including phenoxy) is 2. The molecule has 0 bridgehead atoms. The van der Waals surface area contributed by atoms with Gasteiger partial charge in [-0.2, -0.15) is 5.26 Å². The van der Waals surface area contributed by atoms with Gasteiger partial charge in [-0.15, -0.1) is 0 Å². The summed E-state index contributed by atoms with van der Waals surface area (Å²) in [4.78, 5) is 12.6. The molecule has 1 amide bonds. The Morgan fingerprint density at radius 3 is 2.56 bits per heavy atom. The molecule has 0 fully saturated rings. The Morgan fingerprint density at radius 1 is 1.12 bits per heavy atom. The molecule has 0 unspecified atom stereocenters. The normalized spacial score (nSPS) is 12.5. The molecule has 3 aromatic rings. The van der Waals surface area contributed by atoms with Crippen molar-refractivity contribution in [3.63, 3.8) is 0 Å². The Balaban J connectivity index is 1.55. The maximum absolute atomic E-state index is 12.6. The first-order valence-electron chi connectivity index (χ1n) is 9.79. The van der Waals surface area contributed by atoms with Gasteiger partial charge in [-0.25, -0.2) is 0 Å². The lowest BCUT2D eigenvalue weighted by molar-refractivity contribution is -0.117. The van der Waals surface area contributed by atoms with E-state index in [1.807, 2.05) is 54.8 Å². The smallest absolute Gasteiger partial charge is 0.262 e. The third-order valence-electron chi connectivity index (χ3n) is 5.13. The van der Waals surface area contributed by atoms with E-state index in [0.717, 1.165) is 28.2 Å². The SMILES string of the molecule is Cc1cc(/C=C(\C#N)C(=O)NCc2ccc3c(c2)OCO3)c(C)n1-c1cc(Cl)cc(Cl)c1. The lowest BCUT2D eigenvalue weighted by Gasteiger charge is -2.11. The van der Waals surface area contributed by atoms with Gasteiger partial charge in [-0.1, -0.05) is 29.3 Å². The number of rotatable bonds is 5. The zero-order chi connectivity index (χ0) is 22.8. The zero-order valence-corrected chi connectivity index (χ0v) is 18.9. The minimum atomic E-state index is -0.458. The molecule has 1 aliphatic heterocycles. The summed E-state index contributed by atoms with van der Waals surface area (Å²) in [7, 11) is 0. The fourth-order valence-electron chi connectivity index (χ4n) is 3.63. The molecule has 8 heteroatoms. The van der Waals surface area contributed by atoms with E-state index in [1.54, 1.807) is 18.2 Å². The van der Waals surface area contributed by atoms with Crippen LogP contribution in [0.3, 0.4) is 0 Å². The van der Waals surface area contributed by atoms with Gasteiger partial charge in [0.1, 0.15) is 11.6 Å². The van der Waals surface area contributed by atoms with Gasteiger partial charge in [0, 0.05) is 33.7 Å². The second-order valence-corrected chi connectivity index (χ2v) is 8.20. The Bertz CT molecular complexity index is 1270. The molecular formula is C24H19Cl2N3O3. The van der Waals surface area contributed by atoms with Crippen molar-refractivity contribution in [1.82, 2.24) is 9.88 Å². The van der Waals surface area contributed by atoms with Crippen LogP contribution in [-0.4, -0.2) is 17.3 Å². The van der Waals surface area contributed by atoms with Gasteiger partial charge in [-0.3, -0.25) is 4.79 Å². The standard InChI is InChI=1S/C24H19Cl2N3O3/c1-14-5-17(15(2)29(14)21-9-19(25)8-20(26)10-21)7-18(11-27)24(30)28-12-16-3-4-22-23(6-16)32-13-31-22/h3-10H,12-13H2,1-2H3,(H,28,30)/b18-7+. The number of carbonyl (C=O) groups is 1. The van der Waals surface area contributed by atoms with E-state index >= 15 is 0 Å². The van der Waals surface area contributed by atoms with E-state index in [2.05, 4.69) is 5.32 Å². The number of aryl methyl sites for hydroxylation is 1. The van der Waals surface area contributed by atoms with Crippen LogP contribution in [0, 0.1) is 25.2 Å². The molecule has 2 aromatic carbocycles. The number of fused-ring (bicyclic) bond motifs is 1. The fourth-order valence-corrected chi connectivity index (χ4v) is 4.15. The molecule has 0 aliphatic carbocycles. The van der Waals surface area contributed by atoms with Crippen molar-refractivity contribution in [2.45, 2.75) is 20.4 Å². The maximum Gasteiger partial charge on any atom is 0.262 e. The molecule has 1 N–H and O–H groups in total. The maximum atomic E-state index is 12.6. The molecule has 1 aliphatic rings. The van der Waals surface area contributed by atoms with Crippen LogP contribution in [0.5, 0.6) is 11.5 Å². The molecule has 162 valence electrons. The molecule has 0 radical (unpaired) electrons. The summed E-state index contributed by atoms with van der Waals surface area (Å²) in [5.74, 6) is 0.858. The zero-order valence-electron chi connectivity index (χ0n) is 17.4. The van der Waals surface area contributed by atoms with Gasteiger partial charge < -0.3 is 19.4 Å². The molecule has 0 atom stereocenters. The Hall–Kier alpha value is -3.40.